The van der Waals surface area contributed by atoms with E-state index >= 15 is 0 Å². The molecule has 64 valence electrons. The van der Waals surface area contributed by atoms with Crippen LogP contribution in [-0.4, -0.2) is 31.7 Å². The van der Waals surface area contributed by atoms with E-state index < -0.39 is 0 Å². The molecule has 1 unspecified atom stereocenters. The van der Waals surface area contributed by atoms with Crippen molar-refractivity contribution in [1.29, 1.82) is 0 Å². The smallest absolute Gasteiger partial charge is 0.142 e. The van der Waals surface area contributed by atoms with Crippen LogP contribution in [0.2, 0.25) is 0 Å². The fourth-order valence-corrected chi connectivity index (χ4v) is 1.18. The van der Waals surface area contributed by atoms with Crippen LogP contribution in [0.25, 0.3) is 0 Å². The van der Waals surface area contributed by atoms with E-state index in [0.717, 1.165) is 0 Å². The second-order valence-electron chi connectivity index (χ2n) is 4.26. The monoisotopic (exact) mass is 156 g/mol. The lowest BCUT2D eigenvalue weighted by atomic mass is 9.85. The summed E-state index contributed by atoms with van der Waals surface area (Å²) in [6, 6.07) is 0.220. The molecule has 1 fully saturated rings. The third-order valence-corrected chi connectivity index (χ3v) is 2.62. The van der Waals surface area contributed by atoms with Gasteiger partial charge in [0.25, 0.3) is 0 Å². The zero-order chi connectivity index (χ0) is 8.70. The predicted octanol–water partition coefficient (Wildman–Crippen LogP) is 0.550. The van der Waals surface area contributed by atoms with Gasteiger partial charge in [0, 0.05) is 6.00 Å². The van der Waals surface area contributed by atoms with Crippen molar-refractivity contribution in [3.8, 4) is 0 Å². The van der Waals surface area contributed by atoms with Crippen LogP contribution >= 0.6 is 0 Å². The van der Waals surface area contributed by atoms with Gasteiger partial charge in [-0.3, -0.25) is 0 Å². The number of hydrogen-bond acceptors (Lipinski definition) is 2. The molecule has 0 bridgehead atoms. The molecule has 1 saturated heterocycles. The molecule has 0 saturated carbocycles. The fraction of sp³-hybridized carbons (Fsp3) is 1.00. The molecule has 1 rings (SSSR count). The van der Waals surface area contributed by atoms with E-state index in [1.807, 2.05) is 7.85 Å². The summed E-state index contributed by atoms with van der Waals surface area (Å²) in [6.45, 7) is 8.99. The van der Waals surface area contributed by atoms with E-state index in [1.165, 1.54) is 0 Å². The van der Waals surface area contributed by atoms with Crippen molar-refractivity contribution >= 4 is 7.85 Å². The molecule has 11 heavy (non-hydrogen) atoms. The van der Waals surface area contributed by atoms with Crippen LogP contribution in [0.5, 0.6) is 0 Å². The Morgan fingerprint density at radius 3 is 2.09 bits per heavy atom. The van der Waals surface area contributed by atoms with E-state index in [2.05, 4.69) is 27.7 Å². The van der Waals surface area contributed by atoms with Crippen LogP contribution in [0.15, 0.2) is 0 Å². The van der Waals surface area contributed by atoms with Crippen LogP contribution in [0.3, 0.4) is 0 Å². The van der Waals surface area contributed by atoms with E-state index in [9.17, 15) is 0 Å². The summed E-state index contributed by atoms with van der Waals surface area (Å²) >= 11 is 0. The molecule has 2 nitrogen and oxygen atoms in total. The summed E-state index contributed by atoms with van der Waals surface area (Å²) < 4.78 is 11.4. The Balaban J connectivity index is 2.72. The summed E-state index contributed by atoms with van der Waals surface area (Å²) in [7, 11) is 2.04. The standard InChI is InChI=1S/C8H17BO2/c1-7(2)8(3,4)11-6(9)5-10-7/h6H,5,9H2,1-4H3. The maximum Gasteiger partial charge on any atom is 0.142 e. The van der Waals surface area contributed by atoms with E-state index in [1.54, 1.807) is 0 Å². The van der Waals surface area contributed by atoms with Gasteiger partial charge in [-0.15, -0.1) is 0 Å². The maximum atomic E-state index is 5.76. The van der Waals surface area contributed by atoms with Gasteiger partial charge >= 0.3 is 0 Å². The molecule has 1 aliphatic heterocycles. The molecule has 0 spiro atoms. The number of rotatable bonds is 0. The van der Waals surface area contributed by atoms with Crippen molar-refractivity contribution in [3.63, 3.8) is 0 Å². The highest BCUT2D eigenvalue weighted by molar-refractivity contribution is 6.11. The topological polar surface area (TPSA) is 18.5 Å². The molecule has 0 N–H and O–H groups in total. The summed E-state index contributed by atoms with van der Waals surface area (Å²) in [5, 5.41) is 0. The summed E-state index contributed by atoms with van der Waals surface area (Å²) in [5.41, 5.74) is -0.343. The second-order valence-corrected chi connectivity index (χ2v) is 4.26. The maximum absolute atomic E-state index is 5.76. The normalized spacial score (nSPS) is 35.1. The average molecular weight is 156 g/mol. The van der Waals surface area contributed by atoms with Gasteiger partial charge in [-0.1, -0.05) is 0 Å². The highest BCUT2D eigenvalue weighted by Gasteiger charge is 2.43. The molecule has 0 aromatic heterocycles. The van der Waals surface area contributed by atoms with Crippen molar-refractivity contribution in [3.05, 3.63) is 0 Å². The van der Waals surface area contributed by atoms with E-state index in [4.69, 9.17) is 9.47 Å². The number of ether oxygens (including phenoxy) is 2. The van der Waals surface area contributed by atoms with Gasteiger partial charge in [0.2, 0.25) is 0 Å². The molecule has 1 atom stereocenters. The first-order chi connectivity index (χ1) is 4.85. The summed E-state index contributed by atoms with van der Waals surface area (Å²) in [4.78, 5) is 0. The molecule has 0 amide bonds. The lowest BCUT2D eigenvalue weighted by molar-refractivity contribution is -0.243. The molecule has 0 aromatic rings. The molecule has 0 radical (unpaired) electrons. The van der Waals surface area contributed by atoms with Gasteiger partial charge in [-0.2, -0.15) is 0 Å². The van der Waals surface area contributed by atoms with Crippen molar-refractivity contribution in [2.45, 2.75) is 44.9 Å². The fourth-order valence-electron chi connectivity index (χ4n) is 1.18. The first-order valence-electron chi connectivity index (χ1n) is 4.17. The minimum Gasteiger partial charge on any atom is -0.376 e. The van der Waals surface area contributed by atoms with E-state index in [0.29, 0.717) is 6.61 Å². The van der Waals surface area contributed by atoms with E-state index in [-0.39, 0.29) is 17.2 Å². The minimum absolute atomic E-state index is 0.167. The van der Waals surface area contributed by atoms with Crippen LogP contribution in [0.1, 0.15) is 27.7 Å². The molecule has 1 aliphatic rings. The third-order valence-electron chi connectivity index (χ3n) is 2.62. The van der Waals surface area contributed by atoms with Gasteiger partial charge in [-0.25, -0.2) is 0 Å². The van der Waals surface area contributed by atoms with Gasteiger partial charge in [0.05, 0.1) is 17.8 Å². The average Bonchev–Trinajstić information content (AvgIpc) is 1.80. The minimum atomic E-state index is -0.176. The summed E-state index contributed by atoms with van der Waals surface area (Å²) in [6.07, 6.45) is 0. The van der Waals surface area contributed by atoms with Gasteiger partial charge in [0.1, 0.15) is 7.85 Å². The highest BCUT2D eigenvalue weighted by Crippen LogP contribution is 2.33. The Morgan fingerprint density at radius 2 is 1.73 bits per heavy atom. The van der Waals surface area contributed by atoms with Gasteiger partial charge < -0.3 is 9.47 Å². The van der Waals surface area contributed by atoms with Crippen LogP contribution < -0.4 is 0 Å². The highest BCUT2D eigenvalue weighted by atomic mass is 16.6. The first-order valence-corrected chi connectivity index (χ1v) is 4.17. The molecule has 1 heterocycles. The molecule has 0 aromatic carbocycles. The number of hydrogen-bond donors (Lipinski definition) is 0. The van der Waals surface area contributed by atoms with Crippen LogP contribution in [0, 0.1) is 0 Å². The zero-order valence-corrected chi connectivity index (χ0v) is 8.10. The molecular formula is C8H17BO2. The Bertz CT molecular complexity index is 154. The second kappa shape index (κ2) is 2.49. The van der Waals surface area contributed by atoms with Gasteiger partial charge in [-0.05, 0) is 27.7 Å². The lowest BCUT2D eigenvalue weighted by Gasteiger charge is -2.47. The quantitative estimate of drug-likeness (QED) is 0.477. The summed E-state index contributed by atoms with van der Waals surface area (Å²) in [5.74, 6) is 0. The van der Waals surface area contributed by atoms with Crippen LogP contribution in [-0.2, 0) is 9.47 Å². The SMILES string of the molecule is BC1COC(C)(C)C(C)(C)O1. The first kappa shape index (κ1) is 9.08. The lowest BCUT2D eigenvalue weighted by Crippen LogP contribution is -2.57. The Hall–Kier alpha value is -0.0151. The van der Waals surface area contributed by atoms with Crippen molar-refractivity contribution in [2.24, 2.45) is 0 Å². The molecular weight excluding hydrogens is 139 g/mol. The molecule has 3 heteroatoms. The largest absolute Gasteiger partial charge is 0.376 e. The van der Waals surface area contributed by atoms with Crippen molar-refractivity contribution in [2.75, 3.05) is 6.61 Å². The predicted molar refractivity (Wildman–Crippen MR) is 47.5 cm³/mol. The van der Waals surface area contributed by atoms with Crippen molar-refractivity contribution < 1.29 is 9.47 Å². The Kier molecular flexibility index (Phi) is 2.06. The molecule has 0 aliphatic carbocycles. The van der Waals surface area contributed by atoms with Crippen LogP contribution in [0.4, 0.5) is 0 Å². The van der Waals surface area contributed by atoms with Gasteiger partial charge in [0.15, 0.2) is 0 Å². The third kappa shape index (κ3) is 1.59. The zero-order valence-electron chi connectivity index (χ0n) is 8.10. The van der Waals surface area contributed by atoms with Crippen molar-refractivity contribution in [1.82, 2.24) is 0 Å². The Morgan fingerprint density at radius 1 is 1.18 bits per heavy atom. The Labute approximate surface area is 69.7 Å².